The highest BCUT2D eigenvalue weighted by atomic mass is 16.5. The molecule has 2 rings (SSSR count). The first-order chi connectivity index (χ1) is 9.61. The Bertz CT molecular complexity index is 474. The first-order valence-electron chi connectivity index (χ1n) is 6.68. The van der Waals surface area contributed by atoms with Gasteiger partial charge in [0.25, 0.3) is 0 Å². The van der Waals surface area contributed by atoms with Crippen molar-refractivity contribution in [1.82, 2.24) is 5.32 Å². The smallest absolute Gasteiger partial charge is 0.328 e. The van der Waals surface area contributed by atoms with E-state index in [4.69, 9.17) is 9.84 Å². The molecule has 0 radical (unpaired) electrons. The van der Waals surface area contributed by atoms with Crippen molar-refractivity contribution in [3.8, 4) is 0 Å². The molecule has 3 atom stereocenters. The van der Waals surface area contributed by atoms with Crippen molar-refractivity contribution >= 4 is 11.9 Å². The van der Waals surface area contributed by atoms with E-state index in [9.17, 15) is 9.59 Å². The van der Waals surface area contributed by atoms with Crippen LogP contribution in [0.25, 0.3) is 0 Å². The van der Waals surface area contributed by atoms with Gasteiger partial charge < -0.3 is 15.2 Å². The molecule has 20 heavy (non-hydrogen) atoms. The normalized spacial score (nSPS) is 22.1. The number of hydrogen-bond donors (Lipinski definition) is 2. The molecule has 0 aromatic heterocycles. The quantitative estimate of drug-likeness (QED) is 0.790. The fourth-order valence-electron chi connectivity index (χ4n) is 2.41. The van der Waals surface area contributed by atoms with Gasteiger partial charge in [-0.3, -0.25) is 4.79 Å². The maximum Gasteiger partial charge on any atom is 0.328 e. The van der Waals surface area contributed by atoms with Gasteiger partial charge in [-0.15, -0.1) is 0 Å². The molecule has 2 N–H and O–H groups in total. The number of methoxy groups -OCH3 is 1. The molecule has 0 spiro atoms. The van der Waals surface area contributed by atoms with Crippen LogP contribution in [0.3, 0.4) is 0 Å². The van der Waals surface area contributed by atoms with E-state index < -0.39 is 12.0 Å². The van der Waals surface area contributed by atoms with E-state index >= 15 is 0 Å². The van der Waals surface area contributed by atoms with Crippen molar-refractivity contribution in [3.63, 3.8) is 0 Å². The fourth-order valence-corrected chi connectivity index (χ4v) is 2.41. The summed E-state index contributed by atoms with van der Waals surface area (Å²) < 4.78 is 4.78. The van der Waals surface area contributed by atoms with Crippen LogP contribution in [0.2, 0.25) is 0 Å². The Morgan fingerprint density at radius 3 is 2.70 bits per heavy atom. The summed E-state index contributed by atoms with van der Waals surface area (Å²) in [5.74, 6) is -0.560. The first kappa shape index (κ1) is 14.5. The molecule has 0 heterocycles. The number of carboxylic acids is 1. The Balaban J connectivity index is 1.80. The molecular weight excluding hydrogens is 258 g/mol. The average Bonchev–Trinajstić information content (AvgIpc) is 3.18. The first-order valence-corrected chi connectivity index (χ1v) is 6.68. The van der Waals surface area contributed by atoms with Crippen LogP contribution in [0.1, 0.15) is 24.3 Å². The molecule has 1 aliphatic rings. The summed E-state index contributed by atoms with van der Waals surface area (Å²) >= 11 is 0. The van der Waals surface area contributed by atoms with Crippen LogP contribution in [0.15, 0.2) is 30.3 Å². The number of ether oxygens (including phenoxy) is 1. The number of benzene rings is 1. The van der Waals surface area contributed by atoms with Gasteiger partial charge in [0.1, 0.15) is 0 Å². The number of carbonyl (C=O) groups is 2. The minimum atomic E-state index is -1.07. The average molecular weight is 277 g/mol. The highest BCUT2D eigenvalue weighted by Crippen LogP contribution is 2.49. The van der Waals surface area contributed by atoms with E-state index in [1.54, 1.807) is 0 Å². The summed E-state index contributed by atoms with van der Waals surface area (Å²) in [5.41, 5.74) is 1.25. The molecule has 1 amide bonds. The molecule has 0 saturated heterocycles. The van der Waals surface area contributed by atoms with Gasteiger partial charge >= 0.3 is 5.97 Å². The number of hydrogen-bond acceptors (Lipinski definition) is 3. The second-order valence-corrected chi connectivity index (χ2v) is 5.13. The zero-order chi connectivity index (χ0) is 14.5. The molecule has 1 aromatic carbocycles. The van der Waals surface area contributed by atoms with Gasteiger partial charge in [0.05, 0.1) is 6.61 Å². The summed E-state index contributed by atoms with van der Waals surface area (Å²) in [6, 6.07) is 9.10. The minimum absolute atomic E-state index is 0.0200. The van der Waals surface area contributed by atoms with Crippen LogP contribution in [-0.2, 0) is 14.3 Å². The maximum absolute atomic E-state index is 11.8. The third-order valence-electron chi connectivity index (χ3n) is 3.56. The van der Waals surface area contributed by atoms with Crippen LogP contribution >= 0.6 is 0 Å². The molecule has 5 heteroatoms. The largest absolute Gasteiger partial charge is 0.480 e. The second kappa shape index (κ2) is 6.52. The van der Waals surface area contributed by atoms with Crippen LogP contribution in [0.5, 0.6) is 0 Å². The molecule has 1 unspecified atom stereocenters. The Kier molecular flexibility index (Phi) is 4.74. The van der Waals surface area contributed by atoms with Gasteiger partial charge in [0.15, 0.2) is 6.04 Å². The molecule has 5 nitrogen and oxygen atoms in total. The molecule has 0 aliphatic heterocycles. The van der Waals surface area contributed by atoms with Gasteiger partial charge in [0.2, 0.25) is 5.91 Å². The zero-order valence-electron chi connectivity index (χ0n) is 11.4. The monoisotopic (exact) mass is 277 g/mol. The van der Waals surface area contributed by atoms with Gasteiger partial charge in [-0.05, 0) is 23.8 Å². The Hall–Kier alpha value is -1.88. The summed E-state index contributed by atoms with van der Waals surface area (Å²) in [6.45, 7) is -0.0200. The lowest BCUT2D eigenvalue weighted by Crippen LogP contribution is -2.43. The van der Waals surface area contributed by atoms with Crippen LogP contribution in [-0.4, -0.2) is 36.7 Å². The summed E-state index contributed by atoms with van der Waals surface area (Å²) in [5, 5.41) is 11.4. The zero-order valence-corrected chi connectivity index (χ0v) is 11.4. The molecule has 108 valence electrons. The van der Waals surface area contributed by atoms with E-state index in [2.05, 4.69) is 17.4 Å². The molecule has 1 saturated carbocycles. The van der Waals surface area contributed by atoms with Crippen LogP contribution in [0, 0.1) is 5.92 Å². The lowest BCUT2D eigenvalue weighted by Gasteiger charge is -2.13. The van der Waals surface area contributed by atoms with E-state index in [0.717, 1.165) is 6.42 Å². The third kappa shape index (κ3) is 3.81. The third-order valence-corrected chi connectivity index (χ3v) is 3.56. The molecule has 1 aromatic rings. The predicted molar refractivity (Wildman–Crippen MR) is 73.3 cm³/mol. The molecule has 0 bridgehead atoms. The van der Waals surface area contributed by atoms with Crippen molar-refractivity contribution in [1.29, 1.82) is 0 Å². The topological polar surface area (TPSA) is 75.6 Å². The molecule has 1 aliphatic carbocycles. The number of rotatable bonds is 7. The number of carbonyl (C=O) groups excluding carboxylic acids is 1. The Labute approximate surface area is 117 Å². The molecular formula is C15H19NO4. The summed E-state index contributed by atoms with van der Waals surface area (Å²) in [6.07, 6.45) is 1.35. The number of nitrogens with one attached hydrogen (secondary N) is 1. The summed E-state index contributed by atoms with van der Waals surface area (Å²) in [4.78, 5) is 22.7. The van der Waals surface area contributed by atoms with Crippen molar-refractivity contribution in [2.75, 3.05) is 13.7 Å². The van der Waals surface area contributed by atoms with Crippen molar-refractivity contribution in [3.05, 3.63) is 35.9 Å². The van der Waals surface area contributed by atoms with Crippen molar-refractivity contribution in [2.24, 2.45) is 5.92 Å². The number of aliphatic carboxylic acids is 1. The lowest BCUT2D eigenvalue weighted by atomic mass is 10.1. The van der Waals surface area contributed by atoms with Crippen molar-refractivity contribution < 1.29 is 19.4 Å². The highest BCUT2D eigenvalue weighted by molar-refractivity contribution is 5.84. The lowest BCUT2D eigenvalue weighted by molar-refractivity contribution is -0.143. The number of carboxylic acid groups (broad SMARTS) is 1. The van der Waals surface area contributed by atoms with Crippen LogP contribution in [0.4, 0.5) is 0 Å². The predicted octanol–water partition coefficient (Wildman–Crippen LogP) is 1.40. The Morgan fingerprint density at radius 2 is 2.10 bits per heavy atom. The second-order valence-electron chi connectivity index (χ2n) is 5.13. The standard InChI is InChI=1S/C15H19NO4/c1-20-9-13(15(18)19)16-14(17)8-11-7-12(11)10-5-3-2-4-6-10/h2-6,11-13H,7-9H2,1H3,(H,16,17)(H,18,19)/t11-,12-,13?/m0/s1. The SMILES string of the molecule is COCC(NC(=O)C[C@@H]1C[C@H]1c1ccccc1)C(=O)O. The van der Waals surface area contributed by atoms with Gasteiger partial charge in [0, 0.05) is 13.5 Å². The van der Waals surface area contributed by atoms with E-state index in [1.165, 1.54) is 12.7 Å². The van der Waals surface area contributed by atoms with Gasteiger partial charge in [-0.1, -0.05) is 30.3 Å². The van der Waals surface area contributed by atoms with Crippen LogP contribution < -0.4 is 5.32 Å². The van der Waals surface area contributed by atoms with E-state index in [-0.39, 0.29) is 12.5 Å². The fraction of sp³-hybridized carbons (Fsp3) is 0.467. The minimum Gasteiger partial charge on any atom is -0.480 e. The summed E-state index contributed by atoms with van der Waals surface area (Å²) in [7, 11) is 1.41. The van der Waals surface area contributed by atoms with Crippen molar-refractivity contribution in [2.45, 2.75) is 24.8 Å². The van der Waals surface area contributed by atoms with E-state index in [1.807, 2.05) is 18.2 Å². The Morgan fingerprint density at radius 1 is 1.40 bits per heavy atom. The number of amides is 1. The van der Waals surface area contributed by atoms with Gasteiger partial charge in [-0.2, -0.15) is 0 Å². The molecule has 1 fully saturated rings. The maximum atomic E-state index is 11.8. The highest BCUT2D eigenvalue weighted by Gasteiger charge is 2.39. The van der Waals surface area contributed by atoms with Gasteiger partial charge in [-0.25, -0.2) is 4.79 Å². The van der Waals surface area contributed by atoms with E-state index in [0.29, 0.717) is 18.3 Å².